The highest BCUT2D eigenvalue weighted by Crippen LogP contribution is 1.98. The number of hydrogen-bond acceptors (Lipinski definition) is 1. The van der Waals surface area contributed by atoms with Crippen molar-refractivity contribution >= 4 is 11.6 Å². The van der Waals surface area contributed by atoms with E-state index in [1.165, 1.54) is 0 Å². The van der Waals surface area contributed by atoms with Gasteiger partial charge in [0.25, 0.3) is 6.43 Å². The molecule has 0 aliphatic rings. The minimum absolute atomic E-state index is 0.197. The zero-order chi connectivity index (χ0) is 9.40. The van der Waals surface area contributed by atoms with Crippen molar-refractivity contribution in [3.63, 3.8) is 0 Å². The Labute approximate surface area is 77.0 Å². The van der Waals surface area contributed by atoms with Crippen LogP contribution in [0, 0.1) is 0 Å². The first-order chi connectivity index (χ1) is 5.70. The van der Waals surface area contributed by atoms with E-state index in [9.17, 15) is 8.78 Å². The Morgan fingerprint density at radius 2 is 2.17 bits per heavy atom. The lowest BCUT2D eigenvalue weighted by atomic mass is 10.4. The lowest BCUT2D eigenvalue weighted by Crippen LogP contribution is -2.30. The number of alkyl halides is 3. The molecule has 0 aromatic rings. The summed E-state index contributed by atoms with van der Waals surface area (Å²) in [5.41, 5.74) is 0. The van der Waals surface area contributed by atoms with Crippen molar-refractivity contribution in [3.05, 3.63) is 12.2 Å². The van der Waals surface area contributed by atoms with Gasteiger partial charge in [0.2, 0.25) is 0 Å². The normalized spacial score (nSPS) is 12.2. The van der Waals surface area contributed by atoms with Crippen LogP contribution in [0.2, 0.25) is 0 Å². The molecule has 72 valence electrons. The summed E-state index contributed by atoms with van der Waals surface area (Å²) >= 11 is 5.45. The summed E-state index contributed by atoms with van der Waals surface area (Å²) in [7, 11) is 0. The fraction of sp³-hybridized carbons (Fsp3) is 0.750. The van der Waals surface area contributed by atoms with Crippen LogP contribution >= 0.6 is 11.6 Å². The Bertz CT molecular complexity index is 128. The van der Waals surface area contributed by atoms with Crippen LogP contribution in [0.15, 0.2) is 12.2 Å². The van der Waals surface area contributed by atoms with Crippen LogP contribution in [-0.2, 0) is 0 Å². The van der Waals surface area contributed by atoms with Crippen molar-refractivity contribution in [2.24, 2.45) is 0 Å². The van der Waals surface area contributed by atoms with Crippen molar-refractivity contribution in [2.45, 2.75) is 13.3 Å². The summed E-state index contributed by atoms with van der Waals surface area (Å²) in [6.45, 7) is 2.72. The lowest BCUT2D eigenvalue weighted by Gasteiger charge is -2.18. The van der Waals surface area contributed by atoms with Gasteiger partial charge in [-0.15, -0.1) is 11.6 Å². The summed E-state index contributed by atoms with van der Waals surface area (Å²) in [4.78, 5) is 1.62. The quantitative estimate of drug-likeness (QED) is 0.467. The van der Waals surface area contributed by atoms with Gasteiger partial charge in [-0.1, -0.05) is 12.2 Å². The van der Waals surface area contributed by atoms with Gasteiger partial charge in [0, 0.05) is 19.0 Å². The summed E-state index contributed by atoms with van der Waals surface area (Å²) in [6, 6.07) is 0. The summed E-state index contributed by atoms with van der Waals surface area (Å²) in [5.74, 6) is 0.393. The molecule has 0 saturated carbocycles. The van der Waals surface area contributed by atoms with E-state index in [0.29, 0.717) is 19.0 Å². The van der Waals surface area contributed by atoms with Crippen molar-refractivity contribution in [1.82, 2.24) is 4.90 Å². The predicted octanol–water partition coefficient (Wildman–Crippen LogP) is 2.37. The Balaban J connectivity index is 3.69. The summed E-state index contributed by atoms with van der Waals surface area (Å²) < 4.78 is 23.9. The number of halogens is 3. The Morgan fingerprint density at radius 1 is 1.50 bits per heavy atom. The number of rotatable bonds is 6. The molecule has 0 amide bonds. The van der Waals surface area contributed by atoms with Crippen LogP contribution in [-0.4, -0.2) is 36.8 Å². The number of hydrogen-bond donors (Lipinski definition) is 0. The van der Waals surface area contributed by atoms with Crippen molar-refractivity contribution in [3.8, 4) is 0 Å². The van der Waals surface area contributed by atoms with E-state index >= 15 is 0 Å². The first-order valence-electron chi connectivity index (χ1n) is 3.88. The van der Waals surface area contributed by atoms with Crippen molar-refractivity contribution in [1.29, 1.82) is 0 Å². The third-order valence-corrected chi connectivity index (χ3v) is 1.57. The Kier molecular flexibility index (Phi) is 7.40. The molecule has 0 aromatic heterocycles. The molecule has 0 aliphatic carbocycles. The molecule has 0 N–H and O–H groups in total. The molecular formula is C8H14ClF2N. The second-order valence-corrected chi connectivity index (χ2v) is 2.79. The van der Waals surface area contributed by atoms with E-state index in [1.54, 1.807) is 4.90 Å². The third-order valence-electron chi connectivity index (χ3n) is 1.40. The van der Waals surface area contributed by atoms with Gasteiger partial charge in [-0.25, -0.2) is 8.78 Å². The van der Waals surface area contributed by atoms with Crippen molar-refractivity contribution in [2.75, 3.05) is 25.5 Å². The zero-order valence-electron chi connectivity index (χ0n) is 7.14. The molecule has 0 heterocycles. The van der Waals surface area contributed by atoms with Gasteiger partial charge in [-0.3, -0.25) is 4.90 Å². The SMILES string of the molecule is C/C=C/CN(CCCl)CC(F)F. The predicted molar refractivity (Wildman–Crippen MR) is 48.0 cm³/mol. The maximum Gasteiger partial charge on any atom is 0.251 e. The van der Waals surface area contributed by atoms with Gasteiger partial charge in [0.05, 0.1) is 6.54 Å². The first kappa shape index (κ1) is 11.8. The molecule has 0 atom stereocenters. The molecule has 0 aromatic carbocycles. The minimum atomic E-state index is -2.28. The lowest BCUT2D eigenvalue weighted by molar-refractivity contribution is 0.0966. The second kappa shape index (κ2) is 7.50. The van der Waals surface area contributed by atoms with Crippen LogP contribution in [0.5, 0.6) is 0 Å². The Hall–Kier alpha value is -0.150. The molecule has 0 bridgehead atoms. The first-order valence-corrected chi connectivity index (χ1v) is 4.41. The molecule has 0 fully saturated rings. The van der Waals surface area contributed by atoms with E-state index < -0.39 is 6.43 Å². The monoisotopic (exact) mass is 197 g/mol. The highest BCUT2D eigenvalue weighted by molar-refractivity contribution is 6.18. The smallest absolute Gasteiger partial charge is 0.251 e. The van der Waals surface area contributed by atoms with Crippen molar-refractivity contribution < 1.29 is 8.78 Å². The van der Waals surface area contributed by atoms with Crippen LogP contribution in [0.4, 0.5) is 8.78 Å². The molecule has 12 heavy (non-hydrogen) atoms. The molecule has 1 nitrogen and oxygen atoms in total. The topological polar surface area (TPSA) is 3.24 Å². The molecule has 4 heteroatoms. The second-order valence-electron chi connectivity index (χ2n) is 2.41. The minimum Gasteiger partial charge on any atom is -0.293 e. The highest BCUT2D eigenvalue weighted by Gasteiger charge is 2.09. The van der Waals surface area contributed by atoms with Crippen LogP contribution in [0.1, 0.15) is 6.92 Å². The molecule has 0 unspecified atom stereocenters. The molecule has 0 saturated heterocycles. The standard InChI is InChI=1S/C8H14ClF2N/c1-2-3-5-12(6-4-9)7-8(10)11/h2-3,8H,4-7H2,1H3/b3-2+. The van der Waals surface area contributed by atoms with Gasteiger partial charge in [0.1, 0.15) is 0 Å². The molecular weight excluding hydrogens is 184 g/mol. The third kappa shape index (κ3) is 6.55. The summed E-state index contributed by atoms with van der Waals surface area (Å²) in [6.07, 6.45) is 1.40. The van der Waals surface area contributed by atoms with Crippen LogP contribution in [0.3, 0.4) is 0 Å². The highest BCUT2D eigenvalue weighted by atomic mass is 35.5. The zero-order valence-corrected chi connectivity index (χ0v) is 7.90. The van der Waals surface area contributed by atoms with E-state index in [4.69, 9.17) is 11.6 Å². The van der Waals surface area contributed by atoms with Gasteiger partial charge in [0.15, 0.2) is 0 Å². The van der Waals surface area contributed by atoms with E-state index in [-0.39, 0.29) is 6.54 Å². The molecule has 0 aliphatic heterocycles. The van der Waals surface area contributed by atoms with Crippen LogP contribution < -0.4 is 0 Å². The summed E-state index contributed by atoms with van der Waals surface area (Å²) in [5, 5.41) is 0. The van der Waals surface area contributed by atoms with Gasteiger partial charge < -0.3 is 0 Å². The fourth-order valence-corrected chi connectivity index (χ4v) is 1.07. The molecule has 0 rings (SSSR count). The average Bonchev–Trinajstić information content (AvgIpc) is 2.00. The van der Waals surface area contributed by atoms with Gasteiger partial charge in [-0.05, 0) is 6.92 Å². The maximum atomic E-state index is 11.9. The number of nitrogens with zero attached hydrogens (tertiary/aromatic N) is 1. The van der Waals surface area contributed by atoms with Gasteiger partial charge in [-0.2, -0.15) is 0 Å². The molecule has 0 radical (unpaired) electrons. The van der Waals surface area contributed by atoms with E-state index in [2.05, 4.69) is 0 Å². The number of allylic oxidation sites excluding steroid dienone is 1. The van der Waals surface area contributed by atoms with Crippen LogP contribution in [0.25, 0.3) is 0 Å². The van der Waals surface area contributed by atoms with E-state index in [0.717, 1.165) is 0 Å². The van der Waals surface area contributed by atoms with Gasteiger partial charge >= 0.3 is 0 Å². The average molecular weight is 198 g/mol. The largest absolute Gasteiger partial charge is 0.293 e. The maximum absolute atomic E-state index is 11.9. The fourth-order valence-electron chi connectivity index (χ4n) is 0.826. The Morgan fingerprint density at radius 3 is 2.58 bits per heavy atom. The molecule has 0 spiro atoms. The van der Waals surface area contributed by atoms with E-state index in [1.807, 2.05) is 19.1 Å².